The maximum absolute atomic E-state index is 13.5. The summed E-state index contributed by atoms with van der Waals surface area (Å²) in [6, 6.07) is 18.9. The monoisotopic (exact) mass is 557 g/mol. The number of benzene rings is 2. The summed E-state index contributed by atoms with van der Waals surface area (Å²) in [6.07, 6.45) is 1.56. The highest BCUT2D eigenvalue weighted by Gasteiger charge is 2.22. The van der Waals surface area contributed by atoms with Crippen molar-refractivity contribution in [3.8, 4) is 0 Å². The summed E-state index contributed by atoms with van der Waals surface area (Å²) >= 11 is 6.21. The van der Waals surface area contributed by atoms with Crippen molar-refractivity contribution < 1.29 is 19.2 Å². The first-order valence-electron chi connectivity index (χ1n) is 12.1. The zero-order valence-electron chi connectivity index (χ0n) is 21.0. The normalized spacial score (nSPS) is 11.6. The number of non-ortho nitro benzene ring substituents is 1. The molecule has 2 aromatic carbocycles. The molecule has 200 valence electrons. The van der Waals surface area contributed by atoms with Gasteiger partial charge in [0.1, 0.15) is 16.9 Å². The summed E-state index contributed by atoms with van der Waals surface area (Å²) < 4.78 is 8.07. The Bertz CT molecular complexity index is 1950. The molecule has 0 fully saturated rings. The molecule has 5 aromatic rings. The predicted molar refractivity (Wildman–Crippen MR) is 146 cm³/mol. The molecular weight excluding hydrogens is 538 g/mol. The highest BCUT2D eigenvalue weighted by Crippen LogP contribution is 2.23. The molecule has 0 saturated heterocycles. The van der Waals surface area contributed by atoms with E-state index in [9.17, 15) is 24.5 Å². The number of nitrogens with zero attached hydrogens (tertiary/aromatic N) is 5. The Hall–Kier alpha value is -5.16. The Balaban J connectivity index is 1.89. The molecule has 0 aliphatic rings. The number of amides is 1. The number of esters is 1. The van der Waals surface area contributed by atoms with Crippen LogP contribution in [0.2, 0.25) is 5.02 Å². The van der Waals surface area contributed by atoms with Crippen LogP contribution in [0, 0.1) is 10.1 Å². The number of nitro groups is 1. The fourth-order valence-corrected chi connectivity index (χ4v) is 4.42. The van der Waals surface area contributed by atoms with Crippen LogP contribution in [0.25, 0.3) is 16.7 Å². The summed E-state index contributed by atoms with van der Waals surface area (Å²) in [5, 5.41) is 11.4. The van der Waals surface area contributed by atoms with Crippen LogP contribution in [-0.2, 0) is 11.3 Å². The van der Waals surface area contributed by atoms with Crippen molar-refractivity contribution in [3.05, 3.63) is 127 Å². The molecule has 11 nitrogen and oxygen atoms in total. The lowest BCUT2D eigenvalue weighted by Crippen LogP contribution is -2.33. The van der Waals surface area contributed by atoms with Crippen molar-refractivity contribution in [2.75, 3.05) is 6.61 Å². The SMILES string of the molecule is CCOC(=O)c1cc2c(=O)n3ccccc3nc2n(Cc2ccccc2)c1=NC(=O)c1cc([N+](=O)[O-])ccc1Cl. The van der Waals surface area contributed by atoms with Crippen LogP contribution in [0.1, 0.15) is 33.2 Å². The van der Waals surface area contributed by atoms with E-state index in [1.54, 1.807) is 31.3 Å². The number of rotatable bonds is 6. The first-order valence-corrected chi connectivity index (χ1v) is 12.4. The Labute approximate surface area is 230 Å². The van der Waals surface area contributed by atoms with E-state index >= 15 is 0 Å². The number of aromatic nitrogens is 3. The lowest BCUT2D eigenvalue weighted by Gasteiger charge is -2.15. The van der Waals surface area contributed by atoms with E-state index in [4.69, 9.17) is 16.3 Å². The van der Waals surface area contributed by atoms with Crippen molar-refractivity contribution in [1.82, 2.24) is 14.0 Å². The van der Waals surface area contributed by atoms with Crippen molar-refractivity contribution in [1.29, 1.82) is 0 Å². The van der Waals surface area contributed by atoms with Gasteiger partial charge in [0, 0.05) is 18.3 Å². The van der Waals surface area contributed by atoms with Crippen LogP contribution in [-0.4, -0.2) is 37.4 Å². The van der Waals surface area contributed by atoms with E-state index in [0.29, 0.717) is 5.65 Å². The molecule has 12 heteroatoms. The summed E-state index contributed by atoms with van der Waals surface area (Å²) in [4.78, 5) is 59.6. The van der Waals surface area contributed by atoms with Crippen LogP contribution in [0.5, 0.6) is 0 Å². The fraction of sp³-hybridized carbons (Fsp3) is 0.107. The second-order valence-corrected chi connectivity index (χ2v) is 9.00. The molecule has 0 spiro atoms. The largest absolute Gasteiger partial charge is 0.462 e. The molecule has 0 bridgehead atoms. The molecule has 5 rings (SSSR count). The summed E-state index contributed by atoms with van der Waals surface area (Å²) in [5.74, 6) is -1.75. The van der Waals surface area contributed by atoms with Crippen LogP contribution in [0.4, 0.5) is 5.69 Å². The lowest BCUT2D eigenvalue weighted by molar-refractivity contribution is -0.384. The highest BCUT2D eigenvalue weighted by molar-refractivity contribution is 6.34. The van der Waals surface area contributed by atoms with Crippen molar-refractivity contribution in [3.63, 3.8) is 0 Å². The van der Waals surface area contributed by atoms with Gasteiger partial charge in [-0.3, -0.25) is 24.1 Å². The van der Waals surface area contributed by atoms with Gasteiger partial charge >= 0.3 is 5.97 Å². The van der Waals surface area contributed by atoms with E-state index < -0.39 is 22.4 Å². The third-order valence-corrected chi connectivity index (χ3v) is 6.40. The van der Waals surface area contributed by atoms with Crippen LogP contribution in [0.15, 0.2) is 88.8 Å². The molecule has 3 aromatic heterocycles. The molecule has 0 radical (unpaired) electrons. The Morgan fingerprint density at radius 3 is 2.52 bits per heavy atom. The number of fused-ring (bicyclic) bond motifs is 2. The molecule has 0 atom stereocenters. The van der Waals surface area contributed by atoms with Crippen molar-refractivity contribution >= 4 is 45.8 Å². The maximum atomic E-state index is 13.5. The number of ether oxygens (including phenoxy) is 1. The number of carbonyl (C=O) groups excluding carboxylic acids is 2. The number of hydrogen-bond donors (Lipinski definition) is 0. The first kappa shape index (κ1) is 26.4. The van der Waals surface area contributed by atoms with Crippen molar-refractivity contribution in [2.24, 2.45) is 4.99 Å². The molecule has 3 heterocycles. The average Bonchev–Trinajstić information content (AvgIpc) is 2.95. The van der Waals surface area contributed by atoms with E-state index in [1.807, 2.05) is 30.3 Å². The Kier molecular flexibility index (Phi) is 7.21. The van der Waals surface area contributed by atoms with Crippen molar-refractivity contribution in [2.45, 2.75) is 13.5 Å². The predicted octanol–water partition coefficient (Wildman–Crippen LogP) is 4.18. The Morgan fingerprint density at radius 2 is 1.80 bits per heavy atom. The van der Waals surface area contributed by atoms with Gasteiger partial charge in [-0.05, 0) is 36.8 Å². The average molecular weight is 558 g/mol. The topological polar surface area (TPSA) is 138 Å². The summed E-state index contributed by atoms with van der Waals surface area (Å²) in [7, 11) is 0. The molecule has 1 amide bonds. The quantitative estimate of drug-likeness (QED) is 0.132. The zero-order valence-corrected chi connectivity index (χ0v) is 21.7. The minimum Gasteiger partial charge on any atom is -0.462 e. The fourth-order valence-electron chi connectivity index (χ4n) is 4.22. The minimum atomic E-state index is -0.932. The second kappa shape index (κ2) is 10.9. The van der Waals surface area contributed by atoms with Gasteiger partial charge < -0.3 is 9.30 Å². The van der Waals surface area contributed by atoms with Gasteiger partial charge in [0.2, 0.25) is 0 Å². The molecular formula is C28H20ClN5O6. The summed E-state index contributed by atoms with van der Waals surface area (Å²) in [6.45, 7) is 1.72. The minimum absolute atomic E-state index is 0.0224. The lowest BCUT2D eigenvalue weighted by atomic mass is 10.1. The van der Waals surface area contributed by atoms with E-state index in [2.05, 4.69) is 9.98 Å². The summed E-state index contributed by atoms with van der Waals surface area (Å²) in [5.41, 5.74) is -0.0531. The number of carbonyl (C=O) groups is 2. The number of pyridine rings is 2. The molecule has 0 N–H and O–H groups in total. The number of halogens is 1. The third kappa shape index (κ3) is 4.97. The third-order valence-electron chi connectivity index (χ3n) is 6.07. The van der Waals surface area contributed by atoms with Crippen LogP contribution in [0.3, 0.4) is 0 Å². The molecule has 0 aliphatic carbocycles. The molecule has 0 saturated carbocycles. The maximum Gasteiger partial charge on any atom is 0.341 e. The standard InChI is InChI=1S/C28H20ClN5O6/c1-2-40-28(37)21-15-20-24(30-23-10-6-7-13-32(23)27(20)36)33(16-17-8-4-3-5-9-17)25(21)31-26(35)19-14-18(34(38)39)11-12-22(19)29/h3-15H,2,16H2,1H3. The second-order valence-electron chi connectivity index (χ2n) is 8.60. The number of nitro benzene ring substituents is 1. The van der Waals surface area contributed by atoms with Crippen LogP contribution >= 0.6 is 11.6 Å². The smallest absolute Gasteiger partial charge is 0.341 e. The van der Waals surface area contributed by atoms with Gasteiger partial charge in [-0.1, -0.05) is 48.0 Å². The molecule has 0 unspecified atom stereocenters. The van der Waals surface area contributed by atoms with Gasteiger partial charge in [-0.25, -0.2) is 9.78 Å². The molecule has 0 aliphatic heterocycles. The van der Waals surface area contributed by atoms with Gasteiger partial charge in [0.25, 0.3) is 17.2 Å². The van der Waals surface area contributed by atoms with Gasteiger partial charge in [0.15, 0.2) is 5.49 Å². The van der Waals surface area contributed by atoms with E-state index in [-0.39, 0.29) is 51.5 Å². The highest BCUT2D eigenvalue weighted by atomic mass is 35.5. The first-order chi connectivity index (χ1) is 19.3. The van der Waals surface area contributed by atoms with E-state index in [1.165, 1.54) is 21.1 Å². The van der Waals surface area contributed by atoms with Gasteiger partial charge in [0.05, 0.1) is 34.0 Å². The van der Waals surface area contributed by atoms with Gasteiger partial charge in [-0.15, -0.1) is 0 Å². The molecule has 40 heavy (non-hydrogen) atoms. The van der Waals surface area contributed by atoms with E-state index in [0.717, 1.165) is 17.7 Å². The van der Waals surface area contributed by atoms with Crippen LogP contribution < -0.4 is 11.0 Å². The Morgan fingerprint density at radius 1 is 1.05 bits per heavy atom. The zero-order chi connectivity index (χ0) is 28.4. The van der Waals surface area contributed by atoms with Gasteiger partial charge in [-0.2, -0.15) is 4.99 Å². The number of hydrogen-bond acceptors (Lipinski definition) is 7.